The molecule has 4 N–H and O–H groups in total. The molecule has 0 spiro atoms. The summed E-state index contributed by atoms with van der Waals surface area (Å²) in [6.45, 7) is 13.8. The Morgan fingerprint density at radius 2 is 1.20 bits per heavy atom. The summed E-state index contributed by atoms with van der Waals surface area (Å²) in [7, 11) is 1.64. The van der Waals surface area contributed by atoms with Gasteiger partial charge >= 0.3 is 47.4 Å². The lowest BCUT2D eigenvalue weighted by molar-refractivity contribution is -0.206. The van der Waals surface area contributed by atoms with Crippen molar-refractivity contribution in [2.45, 2.75) is 188 Å². The molecule has 1 aromatic rings. The van der Waals surface area contributed by atoms with Gasteiger partial charge in [-0.25, -0.2) is 19.2 Å². The van der Waals surface area contributed by atoms with Crippen molar-refractivity contribution in [2.75, 3.05) is 13.7 Å². The SMILES string of the molecule is CCC(CCC(OC(C)=O)C(C)=O)OC.CC[C@@H]1CC[C@H](OC(C)=O)C(=O)O1.CC[C@H]1CC[C@@H](OC(C)=O)C(=O)O1.CCc1ccc(OC(C)=O)c(=O)o1.O=C1O[C@H](CO)[C@@H](O)[C@H](O)[C@H]1O. The number of esters is 7. The van der Waals surface area contributed by atoms with Gasteiger partial charge in [-0.3, -0.25) is 24.0 Å². The van der Waals surface area contributed by atoms with Crippen LogP contribution in [0.3, 0.4) is 0 Å². The van der Waals surface area contributed by atoms with Gasteiger partial charge in [0.05, 0.1) is 12.7 Å². The molecule has 10 atom stereocenters. The molecule has 4 rings (SSSR count). The van der Waals surface area contributed by atoms with Crippen LogP contribution in [0.2, 0.25) is 0 Å². The van der Waals surface area contributed by atoms with E-state index >= 15 is 0 Å². The first-order chi connectivity index (χ1) is 31.0. The highest BCUT2D eigenvalue weighted by atomic mass is 16.6. The summed E-state index contributed by atoms with van der Waals surface area (Å²) in [5, 5.41) is 35.5. The molecule has 4 heterocycles. The molecule has 0 aromatic carbocycles. The van der Waals surface area contributed by atoms with E-state index < -0.39 is 96.7 Å². The molecule has 376 valence electrons. The standard InChI is InChI=1S/C11H20O4.2C9H14O4.C9H10O4.C6H10O6/c1-5-10(14-4)6-7-11(8(2)12)15-9(3)13;3*1-3-7-4-5-8(9(11)13-7)12-6(2)10;7-1-2-3(8)4(9)5(10)6(11)12-2/h10-11H,5-7H2,1-4H3;2*7-8H,3-5H2,1-2H3;4-5H,3H2,1-2H3;2-5,7-10H,1H2/t;2*7-,8+;;2-,3-,4+,5-/m.10.1/s1. The first-order valence-corrected chi connectivity index (χ1v) is 21.6. The first kappa shape index (κ1) is 60.7. The lowest BCUT2D eigenvalue weighted by Gasteiger charge is -2.32. The maximum atomic E-state index is 11.2. The van der Waals surface area contributed by atoms with E-state index in [1.165, 1.54) is 40.7 Å². The number of hydrogen-bond donors (Lipinski definition) is 4. The van der Waals surface area contributed by atoms with E-state index in [2.05, 4.69) is 9.47 Å². The molecule has 1 aromatic heterocycles. The van der Waals surface area contributed by atoms with E-state index in [0.29, 0.717) is 31.4 Å². The summed E-state index contributed by atoms with van der Waals surface area (Å²) < 4.78 is 43.5. The van der Waals surface area contributed by atoms with Crippen LogP contribution in [-0.2, 0) is 77.9 Å². The summed E-state index contributed by atoms with van der Waals surface area (Å²) in [5.41, 5.74) is -0.616. The molecule has 3 aliphatic rings. The molecule has 0 aliphatic carbocycles. The molecule has 3 fully saturated rings. The van der Waals surface area contributed by atoms with Gasteiger partial charge in [0.15, 0.2) is 36.3 Å². The number of carbonyl (C=O) groups is 8. The van der Waals surface area contributed by atoms with Crippen LogP contribution in [0, 0.1) is 0 Å². The smallest absolute Gasteiger partial charge is 0.379 e. The van der Waals surface area contributed by atoms with E-state index in [1.807, 2.05) is 27.7 Å². The lowest BCUT2D eigenvalue weighted by atomic mass is 10.0. The van der Waals surface area contributed by atoms with Crippen molar-refractivity contribution in [1.29, 1.82) is 0 Å². The number of aliphatic hydroxyl groups is 4. The minimum Gasteiger partial charge on any atom is -0.460 e. The van der Waals surface area contributed by atoms with E-state index in [1.54, 1.807) is 13.2 Å². The van der Waals surface area contributed by atoms with Gasteiger partial charge in [0, 0.05) is 41.2 Å². The number of aliphatic hydroxyl groups excluding tert-OH is 4. The predicted octanol–water partition coefficient (Wildman–Crippen LogP) is 1.89. The molecule has 3 saturated heterocycles. The van der Waals surface area contributed by atoms with Crippen LogP contribution in [-0.4, -0.2) is 143 Å². The van der Waals surface area contributed by atoms with Gasteiger partial charge in [-0.1, -0.05) is 27.7 Å². The van der Waals surface area contributed by atoms with Crippen LogP contribution in [0.4, 0.5) is 0 Å². The highest BCUT2D eigenvalue weighted by Crippen LogP contribution is 2.21. The zero-order valence-corrected chi connectivity index (χ0v) is 39.3. The Hall–Kier alpha value is -5.29. The fraction of sp³-hybridized carbons (Fsp3) is 0.705. The van der Waals surface area contributed by atoms with Gasteiger partial charge in [-0.05, 0) is 76.8 Å². The normalized spacial score (nSPS) is 23.9. The monoisotopic (exact) mass is 948 g/mol. The molecule has 3 aliphatic heterocycles. The van der Waals surface area contributed by atoms with Crippen molar-refractivity contribution in [3.63, 3.8) is 0 Å². The molecule has 0 saturated carbocycles. The predicted molar refractivity (Wildman–Crippen MR) is 227 cm³/mol. The van der Waals surface area contributed by atoms with Crippen LogP contribution in [0.1, 0.15) is 126 Å². The van der Waals surface area contributed by atoms with E-state index in [9.17, 15) is 43.2 Å². The molecule has 22 nitrogen and oxygen atoms in total. The van der Waals surface area contributed by atoms with E-state index in [0.717, 1.165) is 38.5 Å². The lowest BCUT2D eigenvalue weighted by Crippen LogP contribution is -2.56. The average molecular weight is 949 g/mol. The molecule has 0 amide bonds. The third-order valence-electron chi connectivity index (χ3n) is 9.61. The molecule has 22 heteroatoms. The van der Waals surface area contributed by atoms with Gasteiger partial charge in [-0.15, -0.1) is 0 Å². The molecule has 2 unspecified atom stereocenters. The molecule has 0 radical (unpaired) electrons. The Kier molecular flexibility index (Phi) is 29.8. The van der Waals surface area contributed by atoms with Crippen LogP contribution < -0.4 is 10.4 Å². The number of cyclic esters (lactones) is 3. The zero-order chi connectivity index (χ0) is 50.7. The maximum absolute atomic E-state index is 11.2. The Bertz CT molecular complexity index is 1710. The van der Waals surface area contributed by atoms with E-state index in [4.69, 9.17) is 53.3 Å². The minimum absolute atomic E-state index is 0.000641. The van der Waals surface area contributed by atoms with Gasteiger partial charge in [0.1, 0.15) is 30.2 Å². The summed E-state index contributed by atoms with van der Waals surface area (Å²) in [6.07, 6.45) is -0.647. The number of rotatable bonds is 14. The van der Waals surface area contributed by atoms with Crippen molar-refractivity contribution < 1.29 is 101 Å². The first-order valence-electron chi connectivity index (χ1n) is 21.6. The average Bonchev–Trinajstić information content (AvgIpc) is 3.26. The molecule has 0 bridgehead atoms. The minimum atomic E-state index is -1.73. The molecular formula is C44H68O22. The van der Waals surface area contributed by atoms with Crippen LogP contribution in [0.15, 0.2) is 21.3 Å². The van der Waals surface area contributed by atoms with Crippen LogP contribution in [0.5, 0.6) is 5.75 Å². The fourth-order valence-electron chi connectivity index (χ4n) is 5.91. The van der Waals surface area contributed by atoms with Crippen molar-refractivity contribution in [2.24, 2.45) is 0 Å². The summed E-state index contributed by atoms with van der Waals surface area (Å²) >= 11 is 0. The van der Waals surface area contributed by atoms with Gasteiger partial charge in [-0.2, -0.15) is 0 Å². The second-order valence-electron chi connectivity index (χ2n) is 14.9. The second kappa shape index (κ2) is 32.4. The number of carbonyl (C=O) groups excluding carboxylic acids is 8. The highest BCUT2D eigenvalue weighted by Gasteiger charge is 2.43. The summed E-state index contributed by atoms with van der Waals surface area (Å²) in [5.74, 6) is -3.28. The molecule has 66 heavy (non-hydrogen) atoms. The number of hydrogen-bond acceptors (Lipinski definition) is 22. The number of Topliss-reactive ketones (excluding diaryl/α,β-unsaturated/α-hetero) is 1. The third-order valence-corrected chi connectivity index (χ3v) is 9.61. The number of ether oxygens (including phenoxy) is 8. The van der Waals surface area contributed by atoms with Gasteiger partial charge < -0.3 is 62.7 Å². The van der Waals surface area contributed by atoms with Crippen molar-refractivity contribution >= 4 is 47.6 Å². The van der Waals surface area contributed by atoms with Crippen LogP contribution >= 0.6 is 0 Å². The number of methoxy groups -OCH3 is 1. The quantitative estimate of drug-likeness (QED) is 0.153. The van der Waals surface area contributed by atoms with Crippen molar-refractivity contribution in [3.05, 3.63) is 28.3 Å². The van der Waals surface area contributed by atoms with Crippen molar-refractivity contribution in [3.8, 4) is 5.75 Å². The highest BCUT2D eigenvalue weighted by molar-refractivity contribution is 5.83. The topological polar surface area (TPSA) is 322 Å². The summed E-state index contributed by atoms with van der Waals surface area (Å²) in [6, 6.07) is 3.05. The molecular weight excluding hydrogens is 880 g/mol. The van der Waals surface area contributed by atoms with Gasteiger partial charge in [0.25, 0.3) is 0 Å². The maximum Gasteiger partial charge on any atom is 0.379 e. The Labute approximate surface area is 383 Å². The van der Waals surface area contributed by atoms with E-state index in [-0.39, 0.29) is 29.8 Å². The number of ketones is 1. The second-order valence-corrected chi connectivity index (χ2v) is 14.9. The van der Waals surface area contributed by atoms with Gasteiger partial charge in [0.2, 0.25) is 5.75 Å². The summed E-state index contributed by atoms with van der Waals surface area (Å²) in [4.78, 5) is 97.7. The largest absolute Gasteiger partial charge is 0.460 e. The Morgan fingerprint density at radius 3 is 1.55 bits per heavy atom. The van der Waals surface area contributed by atoms with Crippen LogP contribution in [0.25, 0.3) is 0 Å². The number of aryl methyl sites for hydroxylation is 1. The third kappa shape index (κ3) is 23.8. The fourth-order valence-corrected chi connectivity index (χ4v) is 5.91. The van der Waals surface area contributed by atoms with Crippen molar-refractivity contribution in [1.82, 2.24) is 0 Å². The zero-order valence-electron chi connectivity index (χ0n) is 39.3. The Balaban J connectivity index is 0.000000801. The Morgan fingerprint density at radius 1 is 0.682 bits per heavy atom.